The maximum absolute atomic E-state index is 12.7. The standard InChI is InChI=1S/C10H13F3N2OS/c1-2-7-8(10(11,12)13)15-9(16-7)6-5-17-4-3-14-6/h6,14H,2-5H2,1H3. The fourth-order valence-electron chi connectivity index (χ4n) is 1.70. The van der Waals surface area contributed by atoms with Crippen molar-refractivity contribution in [2.45, 2.75) is 25.6 Å². The summed E-state index contributed by atoms with van der Waals surface area (Å²) in [6, 6.07) is -0.213. The van der Waals surface area contributed by atoms with Crippen molar-refractivity contribution in [3.8, 4) is 0 Å². The molecule has 2 rings (SSSR count). The van der Waals surface area contributed by atoms with E-state index in [1.807, 2.05) is 0 Å². The molecule has 2 heterocycles. The Labute approximate surface area is 101 Å². The molecule has 96 valence electrons. The number of aryl methyl sites for hydroxylation is 1. The highest BCUT2D eigenvalue weighted by atomic mass is 32.2. The molecule has 0 aliphatic carbocycles. The maximum Gasteiger partial charge on any atom is 0.436 e. The van der Waals surface area contributed by atoms with Crippen LogP contribution in [0.2, 0.25) is 0 Å². The summed E-state index contributed by atoms with van der Waals surface area (Å²) in [6.45, 7) is 2.39. The SMILES string of the molecule is CCc1oc(C2CSCCN2)nc1C(F)(F)F. The lowest BCUT2D eigenvalue weighted by Gasteiger charge is -2.19. The summed E-state index contributed by atoms with van der Waals surface area (Å²) in [5.74, 6) is 1.73. The minimum atomic E-state index is -4.44. The molecule has 1 atom stereocenters. The van der Waals surface area contributed by atoms with Crippen LogP contribution in [0.3, 0.4) is 0 Å². The Morgan fingerprint density at radius 1 is 1.53 bits per heavy atom. The molecule has 0 spiro atoms. The fraction of sp³-hybridized carbons (Fsp3) is 0.700. The summed E-state index contributed by atoms with van der Waals surface area (Å²) < 4.78 is 43.2. The molecule has 3 nitrogen and oxygen atoms in total. The summed E-state index contributed by atoms with van der Waals surface area (Å²) in [4.78, 5) is 3.61. The first-order chi connectivity index (χ1) is 8.02. The van der Waals surface area contributed by atoms with Crippen molar-refractivity contribution in [2.75, 3.05) is 18.1 Å². The lowest BCUT2D eigenvalue weighted by molar-refractivity contribution is -0.141. The molecule has 7 heteroatoms. The molecule has 1 saturated heterocycles. The Morgan fingerprint density at radius 3 is 2.76 bits per heavy atom. The number of nitrogens with zero attached hydrogens (tertiary/aromatic N) is 1. The van der Waals surface area contributed by atoms with Crippen LogP contribution in [-0.2, 0) is 12.6 Å². The normalized spacial score (nSPS) is 21.8. The Bertz CT molecular complexity index is 385. The van der Waals surface area contributed by atoms with Crippen LogP contribution in [0.15, 0.2) is 4.42 Å². The molecular weight excluding hydrogens is 253 g/mol. The minimum Gasteiger partial charge on any atom is -0.443 e. The van der Waals surface area contributed by atoms with E-state index in [1.54, 1.807) is 18.7 Å². The average Bonchev–Trinajstić information content (AvgIpc) is 2.74. The molecule has 0 aromatic carbocycles. The van der Waals surface area contributed by atoms with Crippen molar-refractivity contribution >= 4 is 11.8 Å². The number of oxazole rings is 1. The second-order valence-corrected chi connectivity index (χ2v) is 4.91. The quantitative estimate of drug-likeness (QED) is 0.893. The molecule has 0 radical (unpaired) electrons. The summed E-state index contributed by atoms with van der Waals surface area (Å²) in [6.07, 6.45) is -4.24. The first kappa shape index (κ1) is 12.8. The number of thioether (sulfide) groups is 1. The zero-order valence-corrected chi connectivity index (χ0v) is 10.1. The number of aromatic nitrogens is 1. The van der Waals surface area contributed by atoms with Gasteiger partial charge in [-0.05, 0) is 0 Å². The van der Waals surface area contributed by atoms with E-state index in [4.69, 9.17) is 4.42 Å². The van der Waals surface area contributed by atoms with Gasteiger partial charge in [0, 0.05) is 24.5 Å². The zero-order valence-electron chi connectivity index (χ0n) is 9.30. The van der Waals surface area contributed by atoms with Crippen LogP contribution >= 0.6 is 11.8 Å². The Hall–Kier alpha value is -0.690. The second-order valence-electron chi connectivity index (χ2n) is 3.76. The van der Waals surface area contributed by atoms with Gasteiger partial charge in [0.1, 0.15) is 5.76 Å². The highest BCUT2D eigenvalue weighted by molar-refractivity contribution is 7.99. The van der Waals surface area contributed by atoms with E-state index in [-0.39, 0.29) is 24.1 Å². The molecule has 1 N–H and O–H groups in total. The lowest BCUT2D eigenvalue weighted by atomic mass is 10.3. The first-order valence-electron chi connectivity index (χ1n) is 5.40. The second kappa shape index (κ2) is 4.89. The summed E-state index contributed by atoms with van der Waals surface area (Å²) in [7, 11) is 0. The van der Waals surface area contributed by atoms with Crippen molar-refractivity contribution in [2.24, 2.45) is 0 Å². The third-order valence-electron chi connectivity index (χ3n) is 2.52. The molecule has 1 unspecified atom stereocenters. The van der Waals surface area contributed by atoms with Crippen LogP contribution in [-0.4, -0.2) is 23.0 Å². The smallest absolute Gasteiger partial charge is 0.436 e. The largest absolute Gasteiger partial charge is 0.443 e. The number of alkyl halides is 3. The van der Waals surface area contributed by atoms with Crippen LogP contribution in [0, 0.1) is 0 Å². The zero-order chi connectivity index (χ0) is 12.5. The molecule has 0 saturated carbocycles. The van der Waals surface area contributed by atoms with E-state index < -0.39 is 11.9 Å². The third-order valence-corrected chi connectivity index (χ3v) is 3.59. The Morgan fingerprint density at radius 2 is 2.29 bits per heavy atom. The van der Waals surface area contributed by atoms with Crippen molar-refractivity contribution in [3.05, 3.63) is 17.3 Å². The molecule has 17 heavy (non-hydrogen) atoms. The van der Waals surface area contributed by atoms with Gasteiger partial charge in [0.25, 0.3) is 0 Å². The van der Waals surface area contributed by atoms with Gasteiger partial charge in [0.05, 0.1) is 6.04 Å². The van der Waals surface area contributed by atoms with Gasteiger partial charge in [0.2, 0.25) is 5.89 Å². The molecule has 1 aliphatic heterocycles. The number of hydrogen-bond acceptors (Lipinski definition) is 4. The van der Waals surface area contributed by atoms with Crippen LogP contribution in [0.4, 0.5) is 13.2 Å². The van der Waals surface area contributed by atoms with E-state index in [2.05, 4.69) is 10.3 Å². The monoisotopic (exact) mass is 266 g/mol. The predicted molar refractivity (Wildman–Crippen MR) is 59.0 cm³/mol. The Kier molecular flexibility index (Phi) is 3.67. The lowest BCUT2D eigenvalue weighted by Crippen LogP contribution is -2.30. The number of halogens is 3. The van der Waals surface area contributed by atoms with Crippen molar-refractivity contribution < 1.29 is 17.6 Å². The van der Waals surface area contributed by atoms with Gasteiger partial charge in [-0.2, -0.15) is 24.9 Å². The van der Waals surface area contributed by atoms with E-state index >= 15 is 0 Å². The molecule has 1 aromatic heterocycles. The van der Waals surface area contributed by atoms with E-state index in [1.165, 1.54) is 0 Å². The summed E-state index contributed by atoms with van der Waals surface area (Å²) in [5.41, 5.74) is -0.882. The van der Waals surface area contributed by atoms with Crippen molar-refractivity contribution in [3.63, 3.8) is 0 Å². The molecule has 1 aliphatic rings. The minimum absolute atomic E-state index is 0.0788. The van der Waals surface area contributed by atoms with Crippen molar-refractivity contribution in [1.29, 1.82) is 0 Å². The highest BCUT2D eigenvalue weighted by Crippen LogP contribution is 2.34. The topological polar surface area (TPSA) is 38.1 Å². The molecular formula is C10H13F3N2OS. The predicted octanol–water partition coefficient (Wildman–Crippen LogP) is 2.63. The van der Waals surface area contributed by atoms with Crippen molar-refractivity contribution in [1.82, 2.24) is 10.3 Å². The van der Waals surface area contributed by atoms with E-state index in [0.717, 1.165) is 12.3 Å². The van der Waals surface area contributed by atoms with E-state index in [9.17, 15) is 13.2 Å². The van der Waals surface area contributed by atoms with Crippen LogP contribution in [0.25, 0.3) is 0 Å². The van der Waals surface area contributed by atoms with Crippen LogP contribution in [0.5, 0.6) is 0 Å². The van der Waals surface area contributed by atoms with Gasteiger partial charge in [0.15, 0.2) is 5.69 Å². The molecule has 1 fully saturated rings. The highest BCUT2D eigenvalue weighted by Gasteiger charge is 2.39. The summed E-state index contributed by atoms with van der Waals surface area (Å²) >= 11 is 1.68. The third kappa shape index (κ3) is 2.77. The van der Waals surface area contributed by atoms with E-state index in [0.29, 0.717) is 5.75 Å². The molecule has 1 aromatic rings. The molecule has 0 amide bonds. The van der Waals surface area contributed by atoms with Gasteiger partial charge in [-0.3, -0.25) is 0 Å². The van der Waals surface area contributed by atoms with Gasteiger partial charge in [-0.25, -0.2) is 4.98 Å². The Balaban J connectivity index is 2.27. The molecule has 0 bridgehead atoms. The van der Waals surface area contributed by atoms with Gasteiger partial charge in [-0.15, -0.1) is 0 Å². The fourth-order valence-corrected chi connectivity index (χ4v) is 2.63. The first-order valence-corrected chi connectivity index (χ1v) is 6.55. The van der Waals surface area contributed by atoms with Crippen LogP contribution in [0.1, 0.15) is 30.3 Å². The maximum atomic E-state index is 12.7. The van der Waals surface area contributed by atoms with Gasteiger partial charge in [-0.1, -0.05) is 6.92 Å². The van der Waals surface area contributed by atoms with Gasteiger partial charge < -0.3 is 9.73 Å². The number of rotatable bonds is 2. The summed E-state index contributed by atoms with van der Waals surface area (Å²) in [5, 5.41) is 3.11. The van der Waals surface area contributed by atoms with Crippen LogP contribution < -0.4 is 5.32 Å². The van der Waals surface area contributed by atoms with Gasteiger partial charge >= 0.3 is 6.18 Å². The average molecular weight is 266 g/mol. The number of nitrogens with one attached hydrogen (secondary N) is 1. The number of hydrogen-bond donors (Lipinski definition) is 1.